The normalized spacial score (nSPS) is 12.4. The van der Waals surface area contributed by atoms with Gasteiger partial charge in [0.25, 0.3) is 0 Å². The first-order chi connectivity index (χ1) is 10.1. The highest BCUT2D eigenvalue weighted by molar-refractivity contribution is 9.10. The van der Waals surface area contributed by atoms with Crippen LogP contribution in [0.2, 0.25) is 0 Å². The Morgan fingerprint density at radius 1 is 1.19 bits per heavy atom. The summed E-state index contributed by atoms with van der Waals surface area (Å²) in [6, 6.07) is 15.6. The molecule has 0 fully saturated rings. The first-order valence-electron chi connectivity index (χ1n) is 7.32. The van der Waals surface area contributed by atoms with Crippen LogP contribution in [-0.2, 0) is 5.75 Å². The van der Waals surface area contributed by atoms with Gasteiger partial charge < -0.3 is 5.32 Å². The number of aryl methyl sites for hydroxylation is 1. The summed E-state index contributed by atoms with van der Waals surface area (Å²) in [5.74, 6) is 1.01. The Labute approximate surface area is 140 Å². The van der Waals surface area contributed by atoms with E-state index in [2.05, 4.69) is 84.5 Å². The van der Waals surface area contributed by atoms with Gasteiger partial charge in [-0.3, -0.25) is 0 Å². The number of hydrogen-bond acceptors (Lipinski definition) is 2. The summed E-state index contributed by atoms with van der Waals surface area (Å²) >= 11 is 5.59. The summed E-state index contributed by atoms with van der Waals surface area (Å²) in [5.41, 5.74) is 4.09. The lowest BCUT2D eigenvalue weighted by molar-refractivity contribution is 0.597. The van der Waals surface area contributed by atoms with Crippen LogP contribution in [0, 0.1) is 6.92 Å². The molecule has 0 bridgehead atoms. The van der Waals surface area contributed by atoms with Crippen LogP contribution in [0.3, 0.4) is 0 Å². The van der Waals surface area contributed by atoms with Gasteiger partial charge in [-0.05, 0) is 65.1 Å². The highest BCUT2D eigenvalue weighted by atomic mass is 79.9. The molecule has 2 aromatic carbocycles. The van der Waals surface area contributed by atoms with E-state index < -0.39 is 0 Å². The van der Waals surface area contributed by atoms with E-state index in [9.17, 15) is 0 Å². The van der Waals surface area contributed by atoms with Gasteiger partial charge >= 0.3 is 0 Å². The molecule has 0 spiro atoms. The monoisotopic (exact) mass is 363 g/mol. The average Bonchev–Trinajstić information content (AvgIpc) is 2.47. The van der Waals surface area contributed by atoms with Gasteiger partial charge in [-0.15, -0.1) is 11.8 Å². The fourth-order valence-electron chi connectivity index (χ4n) is 2.26. The summed E-state index contributed by atoms with van der Waals surface area (Å²) in [4.78, 5) is 1.30. The molecule has 0 aliphatic carbocycles. The van der Waals surface area contributed by atoms with E-state index >= 15 is 0 Å². The lowest BCUT2D eigenvalue weighted by Gasteiger charge is -2.14. The SMILES string of the molecule is CCNC(C)c1ccc(SCc2ccccc2C)c(Br)c1. The molecule has 0 aromatic heterocycles. The number of nitrogens with one attached hydrogen (secondary N) is 1. The number of hydrogen-bond donors (Lipinski definition) is 1. The zero-order valence-electron chi connectivity index (χ0n) is 12.8. The van der Waals surface area contributed by atoms with E-state index in [4.69, 9.17) is 0 Å². The van der Waals surface area contributed by atoms with E-state index in [1.807, 2.05) is 11.8 Å². The fourth-order valence-corrected chi connectivity index (χ4v) is 3.99. The zero-order valence-corrected chi connectivity index (χ0v) is 15.2. The minimum Gasteiger partial charge on any atom is -0.310 e. The first kappa shape index (κ1) is 16.6. The average molecular weight is 364 g/mol. The van der Waals surface area contributed by atoms with Crippen molar-refractivity contribution in [3.05, 3.63) is 63.6 Å². The maximum atomic E-state index is 3.71. The molecule has 21 heavy (non-hydrogen) atoms. The molecule has 112 valence electrons. The minimum absolute atomic E-state index is 0.390. The second-order valence-corrected chi connectivity index (χ2v) is 7.06. The number of thioether (sulfide) groups is 1. The first-order valence-corrected chi connectivity index (χ1v) is 9.09. The topological polar surface area (TPSA) is 12.0 Å². The Morgan fingerprint density at radius 2 is 1.95 bits per heavy atom. The zero-order chi connectivity index (χ0) is 15.2. The minimum atomic E-state index is 0.390. The lowest BCUT2D eigenvalue weighted by atomic mass is 10.1. The van der Waals surface area contributed by atoms with Gasteiger partial charge in [0.05, 0.1) is 0 Å². The van der Waals surface area contributed by atoms with Crippen LogP contribution >= 0.6 is 27.7 Å². The lowest BCUT2D eigenvalue weighted by Crippen LogP contribution is -2.17. The second-order valence-electron chi connectivity index (χ2n) is 5.18. The Bertz CT molecular complexity index is 598. The molecule has 0 saturated heterocycles. The molecule has 2 rings (SSSR count). The van der Waals surface area contributed by atoms with Crippen molar-refractivity contribution in [1.29, 1.82) is 0 Å². The molecule has 1 unspecified atom stereocenters. The van der Waals surface area contributed by atoms with Gasteiger partial charge in [-0.25, -0.2) is 0 Å². The molecule has 1 N–H and O–H groups in total. The third-order valence-electron chi connectivity index (χ3n) is 3.61. The van der Waals surface area contributed by atoms with Crippen LogP contribution in [0.4, 0.5) is 0 Å². The standard InChI is InChI=1S/C18H22BrNS/c1-4-20-14(3)15-9-10-18(17(19)11-15)21-12-16-8-6-5-7-13(16)2/h5-11,14,20H,4,12H2,1-3H3. The van der Waals surface area contributed by atoms with Crippen molar-refractivity contribution in [3.63, 3.8) is 0 Å². The summed E-state index contributed by atoms with van der Waals surface area (Å²) in [6.45, 7) is 7.50. The molecular weight excluding hydrogens is 342 g/mol. The van der Waals surface area contributed by atoms with Crippen LogP contribution < -0.4 is 5.32 Å². The van der Waals surface area contributed by atoms with Crippen LogP contribution in [0.1, 0.15) is 36.6 Å². The van der Waals surface area contributed by atoms with Crippen molar-refractivity contribution in [3.8, 4) is 0 Å². The Kier molecular flexibility index (Phi) is 6.34. The van der Waals surface area contributed by atoms with E-state index in [0.717, 1.165) is 12.3 Å². The van der Waals surface area contributed by atoms with Gasteiger partial charge in [0.2, 0.25) is 0 Å². The predicted molar refractivity (Wildman–Crippen MR) is 97.0 cm³/mol. The number of rotatable bonds is 6. The van der Waals surface area contributed by atoms with E-state index in [0.29, 0.717) is 6.04 Å². The van der Waals surface area contributed by atoms with Crippen LogP contribution in [-0.4, -0.2) is 6.54 Å². The highest BCUT2D eigenvalue weighted by Gasteiger charge is 2.08. The fraction of sp³-hybridized carbons (Fsp3) is 0.333. The van der Waals surface area contributed by atoms with Crippen molar-refractivity contribution < 1.29 is 0 Å². The van der Waals surface area contributed by atoms with Crippen molar-refractivity contribution >= 4 is 27.7 Å². The van der Waals surface area contributed by atoms with Crippen LogP contribution in [0.5, 0.6) is 0 Å². The Hall–Kier alpha value is -0.770. The third kappa shape index (κ3) is 4.60. The highest BCUT2D eigenvalue weighted by Crippen LogP contribution is 2.32. The van der Waals surface area contributed by atoms with E-state index in [-0.39, 0.29) is 0 Å². The van der Waals surface area contributed by atoms with Gasteiger partial charge in [0, 0.05) is 21.2 Å². The molecule has 0 aliphatic rings. The largest absolute Gasteiger partial charge is 0.310 e. The van der Waals surface area contributed by atoms with Crippen LogP contribution in [0.25, 0.3) is 0 Å². The van der Waals surface area contributed by atoms with Gasteiger partial charge in [0.1, 0.15) is 0 Å². The molecule has 0 saturated carbocycles. The van der Waals surface area contributed by atoms with Crippen molar-refractivity contribution in [2.45, 2.75) is 37.5 Å². The molecule has 1 atom stereocenters. The smallest absolute Gasteiger partial charge is 0.0314 e. The van der Waals surface area contributed by atoms with Crippen molar-refractivity contribution in [2.24, 2.45) is 0 Å². The number of benzene rings is 2. The molecule has 0 aliphatic heterocycles. The molecular formula is C18H22BrNS. The molecule has 0 radical (unpaired) electrons. The van der Waals surface area contributed by atoms with Gasteiger partial charge in [0.15, 0.2) is 0 Å². The van der Waals surface area contributed by atoms with E-state index in [1.165, 1.54) is 26.1 Å². The molecule has 3 heteroatoms. The number of halogens is 1. The van der Waals surface area contributed by atoms with Gasteiger partial charge in [-0.2, -0.15) is 0 Å². The maximum Gasteiger partial charge on any atom is 0.0314 e. The summed E-state index contributed by atoms with van der Waals surface area (Å²) in [7, 11) is 0. The van der Waals surface area contributed by atoms with E-state index in [1.54, 1.807) is 0 Å². The maximum absolute atomic E-state index is 3.71. The molecule has 0 amide bonds. The summed E-state index contributed by atoms with van der Waals surface area (Å²) < 4.78 is 1.18. The summed E-state index contributed by atoms with van der Waals surface area (Å²) in [6.07, 6.45) is 0. The quantitative estimate of drug-likeness (QED) is 0.658. The Morgan fingerprint density at radius 3 is 2.62 bits per heavy atom. The second kappa shape index (κ2) is 8.02. The third-order valence-corrected chi connectivity index (χ3v) is 5.65. The van der Waals surface area contributed by atoms with Crippen molar-refractivity contribution in [1.82, 2.24) is 5.32 Å². The van der Waals surface area contributed by atoms with Crippen molar-refractivity contribution in [2.75, 3.05) is 6.54 Å². The predicted octanol–water partition coefficient (Wildman–Crippen LogP) is 5.72. The molecule has 1 nitrogen and oxygen atoms in total. The van der Waals surface area contributed by atoms with Gasteiger partial charge in [-0.1, -0.05) is 37.3 Å². The Balaban J connectivity index is 2.06. The molecule has 2 aromatic rings. The van der Waals surface area contributed by atoms with Crippen LogP contribution in [0.15, 0.2) is 51.8 Å². The molecule has 0 heterocycles. The summed E-state index contributed by atoms with van der Waals surface area (Å²) in [5, 5.41) is 3.45.